The molecule has 1 amide bonds. The lowest BCUT2D eigenvalue weighted by molar-refractivity contribution is -0.139. The van der Waals surface area contributed by atoms with Gasteiger partial charge in [-0.25, -0.2) is 12.7 Å². The predicted octanol–water partition coefficient (Wildman–Crippen LogP) is 2.24. The minimum absolute atomic E-state index is 0.113. The van der Waals surface area contributed by atoms with Gasteiger partial charge in [-0.05, 0) is 44.7 Å². The van der Waals surface area contributed by atoms with Gasteiger partial charge in [-0.1, -0.05) is 11.6 Å². The summed E-state index contributed by atoms with van der Waals surface area (Å²) < 4.78 is 31.1. The van der Waals surface area contributed by atoms with E-state index in [1.807, 2.05) is 30.0 Å². The molecule has 1 aromatic carbocycles. The van der Waals surface area contributed by atoms with Gasteiger partial charge >= 0.3 is 0 Å². The van der Waals surface area contributed by atoms with Gasteiger partial charge in [0.2, 0.25) is 15.9 Å². The average molecular weight is 435 g/mol. The first kappa shape index (κ1) is 21.3. The quantitative estimate of drug-likeness (QED) is 0.729. The zero-order valence-electron chi connectivity index (χ0n) is 17.7. The van der Waals surface area contributed by atoms with Gasteiger partial charge in [0.15, 0.2) is 5.78 Å². The van der Waals surface area contributed by atoms with Crippen LogP contribution in [0.15, 0.2) is 18.2 Å². The number of carbonyl (C=O) groups is 2. The third-order valence-corrected chi connectivity index (χ3v) is 7.97. The highest BCUT2D eigenvalue weighted by Gasteiger charge is 2.38. The molecule has 0 saturated carbocycles. The van der Waals surface area contributed by atoms with Crippen molar-refractivity contribution in [3.63, 3.8) is 0 Å². The zero-order valence-corrected chi connectivity index (χ0v) is 18.5. The first-order valence-corrected chi connectivity index (χ1v) is 12.6. The van der Waals surface area contributed by atoms with E-state index in [1.165, 1.54) is 10.6 Å². The molecule has 1 aromatic rings. The summed E-state index contributed by atoms with van der Waals surface area (Å²) in [5.41, 5.74) is 1.70. The zero-order chi connectivity index (χ0) is 21.5. The molecule has 0 bridgehead atoms. The summed E-state index contributed by atoms with van der Waals surface area (Å²) in [5, 5.41) is 0. The number of Topliss-reactive ketones (excluding diaryl/α,β-unsaturated/α-hetero) is 1. The summed E-state index contributed by atoms with van der Waals surface area (Å²) in [6, 6.07) is 5.71. The van der Waals surface area contributed by atoms with Crippen LogP contribution in [0.2, 0.25) is 0 Å². The average Bonchev–Trinajstić information content (AvgIpc) is 2.73. The second-order valence-electron chi connectivity index (χ2n) is 8.91. The number of sulfonamides is 1. The maximum atomic E-state index is 13.1. The second-order valence-corrected chi connectivity index (χ2v) is 10.9. The Labute approximate surface area is 178 Å². The Morgan fingerprint density at radius 1 is 1.13 bits per heavy atom. The first-order valence-electron chi connectivity index (χ1n) is 10.8. The molecule has 0 unspecified atom stereocenters. The van der Waals surface area contributed by atoms with Crippen LogP contribution < -0.4 is 4.74 Å². The summed E-state index contributed by atoms with van der Waals surface area (Å²) in [4.78, 5) is 27.6. The molecule has 3 heterocycles. The number of amides is 1. The lowest BCUT2D eigenvalue weighted by atomic mass is 9.85. The molecule has 0 aliphatic carbocycles. The van der Waals surface area contributed by atoms with Crippen LogP contribution in [0.5, 0.6) is 5.75 Å². The molecule has 164 valence electrons. The van der Waals surface area contributed by atoms with E-state index >= 15 is 0 Å². The van der Waals surface area contributed by atoms with E-state index in [4.69, 9.17) is 4.74 Å². The number of aryl methyl sites for hydroxylation is 1. The minimum atomic E-state index is -3.20. The molecule has 7 nitrogen and oxygen atoms in total. The van der Waals surface area contributed by atoms with Crippen LogP contribution in [-0.4, -0.2) is 67.9 Å². The Balaban J connectivity index is 1.38. The number of likely N-dealkylation sites (tertiary alicyclic amines) is 1. The summed E-state index contributed by atoms with van der Waals surface area (Å²) in [6.07, 6.45) is 4.35. The van der Waals surface area contributed by atoms with Crippen LogP contribution >= 0.6 is 0 Å². The number of ketones is 1. The van der Waals surface area contributed by atoms with Gasteiger partial charge in [-0.3, -0.25) is 9.59 Å². The Morgan fingerprint density at radius 2 is 1.87 bits per heavy atom. The molecule has 2 saturated heterocycles. The molecule has 0 radical (unpaired) electrons. The highest BCUT2D eigenvalue weighted by atomic mass is 32.2. The lowest BCUT2D eigenvalue weighted by Crippen LogP contribution is -2.50. The highest BCUT2D eigenvalue weighted by molar-refractivity contribution is 7.88. The van der Waals surface area contributed by atoms with Gasteiger partial charge in [0.1, 0.15) is 11.9 Å². The van der Waals surface area contributed by atoms with Crippen molar-refractivity contribution >= 4 is 21.7 Å². The van der Waals surface area contributed by atoms with E-state index in [1.54, 1.807) is 0 Å². The number of carbonyl (C=O) groups excluding carboxylic acids is 2. The summed E-state index contributed by atoms with van der Waals surface area (Å²) >= 11 is 0. The normalized spacial score (nSPS) is 26.2. The third-order valence-electron chi connectivity index (χ3n) is 6.67. The van der Waals surface area contributed by atoms with E-state index < -0.39 is 10.0 Å². The molecule has 3 aliphatic heterocycles. The number of hydrogen-bond acceptors (Lipinski definition) is 5. The summed E-state index contributed by atoms with van der Waals surface area (Å²) in [7, 11) is -3.20. The number of benzene rings is 1. The van der Waals surface area contributed by atoms with Crippen LogP contribution in [0, 0.1) is 18.8 Å². The van der Waals surface area contributed by atoms with Crippen molar-refractivity contribution in [1.82, 2.24) is 9.21 Å². The lowest BCUT2D eigenvalue weighted by Gasteiger charge is -2.40. The van der Waals surface area contributed by atoms with Crippen molar-refractivity contribution in [3.05, 3.63) is 29.3 Å². The molecule has 0 N–H and O–H groups in total. The molecule has 0 aromatic heterocycles. The fraction of sp³-hybridized carbons (Fsp3) is 0.636. The molecule has 2 atom stereocenters. The Morgan fingerprint density at radius 3 is 2.57 bits per heavy atom. The van der Waals surface area contributed by atoms with Crippen molar-refractivity contribution in [1.29, 1.82) is 0 Å². The number of nitrogens with zero attached hydrogens (tertiary/aromatic N) is 2. The predicted molar refractivity (Wildman–Crippen MR) is 113 cm³/mol. The molecular formula is C22H30N2O5S. The second kappa shape index (κ2) is 8.30. The van der Waals surface area contributed by atoms with Crippen molar-refractivity contribution in [2.45, 2.75) is 45.1 Å². The van der Waals surface area contributed by atoms with Crippen LogP contribution in [-0.2, 0) is 14.8 Å². The maximum absolute atomic E-state index is 13.1. The largest absolute Gasteiger partial charge is 0.489 e. The van der Waals surface area contributed by atoms with Crippen LogP contribution in [0.25, 0.3) is 0 Å². The minimum Gasteiger partial charge on any atom is -0.489 e. The van der Waals surface area contributed by atoms with Crippen LogP contribution in [0.3, 0.4) is 0 Å². The summed E-state index contributed by atoms with van der Waals surface area (Å²) in [6.45, 7) is 4.10. The van der Waals surface area contributed by atoms with E-state index in [9.17, 15) is 18.0 Å². The van der Waals surface area contributed by atoms with Gasteiger partial charge in [0.25, 0.3) is 0 Å². The monoisotopic (exact) mass is 434 g/mol. The Kier molecular flexibility index (Phi) is 5.90. The SMILES string of the molecule is Cc1ccc2c(c1)C(=O)C[C@@H]([C@H]1CCCN(C(=O)C3CCN(S(C)(=O)=O)CC3)C1)O2. The van der Waals surface area contributed by atoms with Crippen LogP contribution in [0.1, 0.15) is 48.0 Å². The molecule has 8 heteroatoms. The molecule has 4 rings (SSSR count). The number of hydrogen-bond donors (Lipinski definition) is 0. The molecular weight excluding hydrogens is 404 g/mol. The molecule has 30 heavy (non-hydrogen) atoms. The van der Waals surface area contributed by atoms with Gasteiger partial charge in [-0.2, -0.15) is 0 Å². The van der Waals surface area contributed by atoms with Gasteiger partial charge in [0, 0.05) is 44.4 Å². The van der Waals surface area contributed by atoms with Gasteiger partial charge < -0.3 is 9.64 Å². The van der Waals surface area contributed by atoms with Crippen molar-refractivity contribution in [2.75, 3.05) is 32.4 Å². The Hall–Kier alpha value is -1.93. The van der Waals surface area contributed by atoms with Gasteiger partial charge in [-0.15, -0.1) is 0 Å². The van der Waals surface area contributed by atoms with E-state index in [2.05, 4.69) is 0 Å². The van der Waals surface area contributed by atoms with Crippen LogP contribution in [0.4, 0.5) is 0 Å². The number of rotatable bonds is 3. The smallest absolute Gasteiger partial charge is 0.225 e. The van der Waals surface area contributed by atoms with E-state index in [0.717, 1.165) is 24.9 Å². The van der Waals surface area contributed by atoms with Crippen molar-refractivity contribution < 1.29 is 22.7 Å². The third kappa shape index (κ3) is 4.39. The van der Waals surface area contributed by atoms with Gasteiger partial charge in [0.05, 0.1) is 11.8 Å². The fourth-order valence-corrected chi connectivity index (χ4v) is 5.81. The number of ether oxygens (including phenoxy) is 1. The summed E-state index contributed by atoms with van der Waals surface area (Å²) in [5.74, 6) is 0.891. The number of fused-ring (bicyclic) bond motifs is 1. The highest BCUT2D eigenvalue weighted by Crippen LogP contribution is 2.34. The van der Waals surface area contributed by atoms with Crippen molar-refractivity contribution in [2.24, 2.45) is 11.8 Å². The van der Waals surface area contributed by atoms with E-state index in [0.29, 0.717) is 50.2 Å². The van der Waals surface area contributed by atoms with E-state index in [-0.39, 0.29) is 29.6 Å². The molecule has 0 spiro atoms. The standard InChI is InChI=1S/C22H30N2O5S/c1-15-5-6-20-18(12-15)19(25)13-21(29-20)17-4-3-9-23(14-17)22(26)16-7-10-24(11-8-16)30(2,27)28/h5-6,12,16-17,21H,3-4,7-11,13-14H2,1-2H3/t17-,21-/m0/s1. The fourth-order valence-electron chi connectivity index (χ4n) is 4.93. The number of piperidine rings is 2. The first-order chi connectivity index (χ1) is 14.2. The molecule has 3 aliphatic rings. The Bertz CT molecular complexity index is 937. The topological polar surface area (TPSA) is 84.0 Å². The molecule has 2 fully saturated rings. The maximum Gasteiger partial charge on any atom is 0.225 e. The van der Waals surface area contributed by atoms with Crippen molar-refractivity contribution in [3.8, 4) is 5.75 Å².